The summed E-state index contributed by atoms with van der Waals surface area (Å²) in [6.07, 6.45) is -2.36. The zero-order valence-electron chi connectivity index (χ0n) is 11.6. The summed E-state index contributed by atoms with van der Waals surface area (Å²) in [6, 6.07) is 2.37. The zero-order valence-corrected chi connectivity index (χ0v) is 13.2. The molecule has 1 saturated carbocycles. The van der Waals surface area contributed by atoms with Gasteiger partial charge in [-0.25, -0.2) is 0 Å². The first-order valence-corrected chi connectivity index (χ1v) is 8.40. The van der Waals surface area contributed by atoms with E-state index < -0.39 is 27.2 Å². The topological polar surface area (TPSA) is 35.1 Å². The van der Waals surface area contributed by atoms with Crippen LogP contribution in [0.25, 0.3) is 0 Å². The van der Waals surface area contributed by atoms with E-state index in [0.29, 0.717) is 10.8 Å². The van der Waals surface area contributed by atoms with Crippen molar-refractivity contribution in [2.75, 3.05) is 0 Å². The molecule has 7 heteroatoms. The highest BCUT2D eigenvalue weighted by Gasteiger charge is 2.40. The quantitative estimate of drug-likeness (QED) is 0.839. The standard InChI is InChI=1S/C13H18F3NOS2/c1-12(2,3)20(18)17-11(8-4-5-8)9-6-7-10(19-9)13(14,15)16/h6-8,11,17H,4-5H2,1-3H3/t11-,20?/m1/s1. The van der Waals surface area contributed by atoms with Crippen LogP contribution in [0.4, 0.5) is 13.2 Å². The maximum atomic E-state index is 12.7. The number of hydrogen-bond donors (Lipinski definition) is 1. The first kappa shape index (κ1) is 16.1. The second kappa shape index (κ2) is 5.51. The Morgan fingerprint density at radius 2 is 1.90 bits per heavy atom. The lowest BCUT2D eigenvalue weighted by Crippen LogP contribution is -2.41. The Balaban J connectivity index is 2.15. The molecule has 1 aromatic rings. The molecule has 1 aliphatic rings. The van der Waals surface area contributed by atoms with Crippen LogP contribution < -0.4 is 4.72 Å². The summed E-state index contributed by atoms with van der Waals surface area (Å²) in [6.45, 7) is 5.53. The van der Waals surface area contributed by atoms with Gasteiger partial charge in [0.2, 0.25) is 0 Å². The van der Waals surface area contributed by atoms with Crippen molar-refractivity contribution < 1.29 is 17.7 Å². The van der Waals surface area contributed by atoms with Crippen LogP contribution in [0.15, 0.2) is 12.1 Å². The van der Waals surface area contributed by atoms with E-state index in [2.05, 4.69) is 4.72 Å². The van der Waals surface area contributed by atoms with Crippen molar-refractivity contribution in [1.82, 2.24) is 4.72 Å². The highest BCUT2D eigenvalue weighted by Crippen LogP contribution is 2.45. The van der Waals surface area contributed by atoms with Crippen LogP contribution in [-0.4, -0.2) is 9.30 Å². The maximum Gasteiger partial charge on any atom is 0.425 e. The number of alkyl halides is 3. The Labute approximate surface area is 124 Å². The Kier molecular flexibility index (Phi) is 4.45. The first-order chi connectivity index (χ1) is 9.09. The molecule has 114 valence electrons. The van der Waals surface area contributed by atoms with Crippen molar-refractivity contribution in [3.8, 4) is 0 Å². The van der Waals surface area contributed by atoms with Gasteiger partial charge < -0.3 is 4.55 Å². The molecule has 2 atom stereocenters. The van der Waals surface area contributed by atoms with E-state index in [9.17, 15) is 17.7 Å². The zero-order chi connectivity index (χ0) is 15.1. The monoisotopic (exact) mass is 325 g/mol. The predicted octanol–water partition coefficient (Wildman–Crippen LogP) is 4.27. The van der Waals surface area contributed by atoms with Crippen molar-refractivity contribution in [3.05, 3.63) is 21.9 Å². The molecular weight excluding hydrogens is 307 g/mol. The lowest BCUT2D eigenvalue weighted by molar-refractivity contribution is -0.134. The fraction of sp³-hybridized carbons (Fsp3) is 0.692. The highest BCUT2D eigenvalue weighted by molar-refractivity contribution is 7.90. The van der Waals surface area contributed by atoms with E-state index in [-0.39, 0.29) is 6.04 Å². The molecule has 0 radical (unpaired) electrons. The smallest absolute Gasteiger partial charge is 0.425 e. The van der Waals surface area contributed by atoms with E-state index >= 15 is 0 Å². The average molecular weight is 325 g/mol. The van der Waals surface area contributed by atoms with Crippen LogP contribution in [0.1, 0.15) is 49.4 Å². The molecule has 0 spiro atoms. The number of thiophene rings is 1. The van der Waals surface area contributed by atoms with Crippen molar-refractivity contribution in [2.45, 2.75) is 50.6 Å². The predicted molar refractivity (Wildman–Crippen MR) is 75.8 cm³/mol. The third-order valence-electron chi connectivity index (χ3n) is 3.10. The molecule has 2 nitrogen and oxygen atoms in total. The van der Waals surface area contributed by atoms with Gasteiger partial charge in [0.15, 0.2) is 0 Å². The summed E-state index contributed by atoms with van der Waals surface area (Å²) < 4.78 is 52.7. The number of hydrogen-bond acceptors (Lipinski definition) is 3. The Bertz CT molecular complexity index is 463. The van der Waals surface area contributed by atoms with Gasteiger partial charge in [0.05, 0.1) is 6.04 Å². The maximum absolute atomic E-state index is 12.7. The van der Waals surface area contributed by atoms with Crippen molar-refractivity contribution >= 4 is 22.7 Å². The lowest BCUT2D eigenvalue weighted by atomic mass is 10.1. The third-order valence-corrected chi connectivity index (χ3v) is 5.89. The minimum Gasteiger partial charge on any atom is -0.598 e. The number of halogens is 3. The van der Waals surface area contributed by atoms with Crippen molar-refractivity contribution in [1.29, 1.82) is 0 Å². The highest BCUT2D eigenvalue weighted by atomic mass is 32.2. The minimum absolute atomic E-state index is 0.240. The molecule has 0 aromatic carbocycles. The molecule has 1 heterocycles. The van der Waals surface area contributed by atoms with Gasteiger partial charge in [0.1, 0.15) is 9.62 Å². The van der Waals surface area contributed by atoms with E-state index in [1.807, 2.05) is 20.8 Å². The second-order valence-corrected chi connectivity index (χ2v) is 9.13. The normalized spacial score (nSPS) is 19.9. The molecule has 0 amide bonds. The van der Waals surface area contributed by atoms with Gasteiger partial charge in [-0.05, 0) is 51.7 Å². The third kappa shape index (κ3) is 3.90. The summed E-state index contributed by atoms with van der Waals surface area (Å²) in [4.78, 5) is 0.0268. The molecule has 0 bridgehead atoms. The van der Waals surface area contributed by atoms with Crippen LogP contribution >= 0.6 is 11.3 Å². The Morgan fingerprint density at radius 3 is 2.30 bits per heavy atom. The second-order valence-electron chi connectivity index (χ2n) is 6.01. The minimum atomic E-state index is -4.31. The van der Waals surface area contributed by atoms with Crippen LogP contribution in [0, 0.1) is 5.92 Å². The Hall–Kier alpha value is -0.240. The average Bonchev–Trinajstić information content (AvgIpc) is 2.99. The molecule has 1 unspecified atom stereocenters. The molecule has 20 heavy (non-hydrogen) atoms. The van der Waals surface area contributed by atoms with Gasteiger partial charge in [0, 0.05) is 16.2 Å². The summed E-state index contributed by atoms with van der Waals surface area (Å²) in [5, 5.41) is 0. The molecule has 1 fully saturated rings. The van der Waals surface area contributed by atoms with Gasteiger partial charge in [-0.2, -0.15) is 13.2 Å². The van der Waals surface area contributed by atoms with Crippen molar-refractivity contribution in [3.63, 3.8) is 0 Å². The van der Waals surface area contributed by atoms with Crippen LogP contribution in [0.2, 0.25) is 0 Å². The van der Waals surface area contributed by atoms with E-state index in [4.69, 9.17) is 0 Å². The SMILES string of the molecule is CC(C)(C)[S+]([O-])N[C@@H](c1ccc(C(F)(F)F)s1)C1CC1. The number of rotatable bonds is 4. The molecular formula is C13H18F3NOS2. The molecule has 0 aliphatic heterocycles. The van der Waals surface area contributed by atoms with Crippen LogP contribution in [0.5, 0.6) is 0 Å². The molecule has 1 aromatic heterocycles. The van der Waals surface area contributed by atoms with E-state index in [1.54, 1.807) is 0 Å². The molecule has 1 N–H and O–H groups in total. The summed E-state index contributed by atoms with van der Waals surface area (Å²) >= 11 is -0.538. The van der Waals surface area contributed by atoms with Crippen LogP contribution in [-0.2, 0) is 17.5 Å². The van der Waals surface area contributed by atoms with Gasteiger partial charge in [-0.3, -0.25) is 0 Å². The van der Waals surface area contributed by atoms with Gasteiger partial charge in [-0.1, -0.05) is 0 Å². The molecule has 1 aliphatic carbocycles. The van der Waals surface area contributed by atoms with Gasteiger partial charge in [0.25, 0.3) is 0 Å². The van der Waals surface area contributed by atoms with E-state index in [0.717, 1.165) is 30.2 Å². The largest absolute Gasteiger partial charge is 0.598 e. The first-order valence-electron chi connectivity index (χ1n) is 6.44. The van der Waals surface area contributed by atoms with Gasteiger partial charge >= 0.3 is 6.18 Å². The molecule has 0 saturated heterocycles. The Morgan fingerprint density at radius 1 is 1.30 bits per heavy atom. The summed E-state index contributed by atoms with van der Waals surface area (Å²) in [5.74, 6) is 0.293. The number of nitrogens with one attached hydrogen (secondary N) is 1. The van der Waals surface area contributed by atoms with Gasteiger partial charge in [-0.15, -0.1) is 16.1 Å². The fourth-order valence-corrected chi connectivity index (χ4v) is 3.78. The molecule has 2 rings (SSSR count). The lowest BCUT2D eigenvalue weighted by Gasteiger charge is -2.27. The fourth-order valence-electron chi connectivity index (χ4n) is 1.78. The van der Waals surface area contributed by atoms with Crippen LogP contribution in [0.3, 0.4) is 0 Å². The summed E-state index contributed by atoms with van der Waals surface area (Å²) in [7, 11) is 0. The van der Waals surface area contributed by atoms with E-state index in [1.165, 1.54) is 6.07 Å². The summed E-state index contributed by atoms with van der Waals surface area (Å²) in [5.41, 5.74) is 0. The van der Waals surface area contributed by atoms with Crippen molar-refractivity contribution in [2.24, 2.45) is 5.92 Å².